The van der Waals surface area contributed by atoms with E-state index >= 15 is 0 Å². The molecule has 2 aliphatic rings. The van der Waals surface area contributed by atoms with Crippen molar-refractivity contribution in [3.05, 3.63) is 36.3 Å². The zero-order chi connectivity index (χ0) is 24.4. The summed E-state index contributed by atoms with van der Waals surface area (Å²) >= 11 is 0. The summed E-state index contributed by atoms with van der Waals surface area (Å²) in [6.45, 7) is 3.69. The maximum atomic E-state index is 12.6. The van der Waals surface area contributed by atoms with Gasteiger partial charge in [-0.2, -0.15) is 4.98 Å². The predicted octanol–water partition coefficient (Wildman–Crippen LogP) is 3.33. The summed E-state index contributed by atoms with van der Waals surface area (Å²) in [5.41, 5.74) is 2.76. The molecule has 1 unspecified atom stereocenters. The molecule has 0 bridgehead atoms. The van der Waals surface area contributed by atoms with Gasteiger partial charge in [-0.3, -0.25) is 9.80 Å². The molecule has 1 aliphatic carbocycles. The first-order valence-corrected chi connectivity index (χ1v) is 12.5. The Balaban J connectivity index is 1.34. The number of piperazine rings is 1. The molecule has 1 atom stereocenters. The van der Waals surface area contributed by atoms with E-state index in [-0.39, 0.29) is 6.67 Å². The number of aliphatic hydroxyl groups is 1. The van der Waals surface area contributed by atoms with Crippen LogP contribution in [0.15, 0.2) is 30.6 Å². The molecule has 0 spiro atoms. The second-order valence-corrected chi connectivity index (χ2v) is 9.73. The molecule has 1 saturated heterocycles. The molecule has 10 heteroatoms. The van der Waals surface area contributed by atoms with Crippen LogP contribution >= 0.6 is 0 Å². The molecule has 9 nitrogen and oxygen atoms in total. The van der Waals surface area contributed by atoms with E-state index < -0.39 is 6.23 Å². The summed E-state index contributed by atoms with van der Waals surface area (Å²) in [7, 11) is 3.75. The lowest BCUT2D eigenvalue weighted by Gasteiger charge is -2.35. The van der Waals surface area contributed by atoms with Gasteiger partial charge >= 0.3 is 0 Å². The molecular weight excluding hydrogens is 447 g/mol. The number of hydrogen-bond donors (Lipinski definition) is 2. The number of pyridine rings is 1. The largest absolute Gasteiger partial charge is 0.373 e. The van der Waals surface area contributed by atoms with Crippen molar-refractivity contribution in [1.29, 1.82) is 0 Å². The van der Waals surface area contributed by atoms with Gasteiger partial charge in [-0.25, -0.2) is 14.4 Å². The highest BCUT2D eigenvalue weighted by Crippen LogP contribution is 2.36. The highest BCUT2D eigenvalue weighted by molar-refractivity contribution is 5.78. The number of rotatable bonds is 8. The van der Waals surface area contributed by atoms with Crippen molar-refractivity contribution < 1.29 is 9.50 Å². The van der Waals surface area contributed by atoms with Gasteiger partial charge < -0.3 is 19.9 Å². The van der Waals surface area contributed by atoms with Crippen molar-refractivity contribution in [3.63, 3.8) is 0 Å². The first-order valence-electron chi connectivity index (χ1n) is 12.5. The highest BCUT2D eigenvalue weighted by Gasteiger charge is 2.26. The smallest absolute Gasteiger partial charge is 0.230 e. The molecule has 1 saturated carbocycles. The van der Waals surface area contributed by atoms with Gasteiger partial charge in [0.05, 0.1) is 17.6 Å². The number of alkyl halides is 1. The molecule has 0 aromatic carbocycles. The van der Waals surface area contributed by atoms with E-state index in [2.05, 4.69) is 29.7 Å². The quantitative estimate of drug-likeness (QED) is 0.473. The summed E-state index contributed by atoms with van der Waals surface area (Å²) in [6, 6.07) is 6.32. The molecule has 5 rings (SSSR count). The minimum Gasteiger partial charge on any atom is -0.373 e. The van der Waals surface area contributed by atoms with E-state index in [0.717, 1.165) is 61.4 Å². The third-order valence-corrected chi connectivity index (χ3v) is 7.18. The van der Waals surface area contributed by atoms with Crippen LogP contribution in [0.2, 0.25) is 0 Å². The van der Waals surface area contributed by atoms with Crippen LogP contribution in [0.4, 0.5) is 21.8 Å². The van der Waals surface area contributed by atoms with Crippen molar-refractivity contribution in [2.45, 2.75) is 38.0 Å². The van der Waals surface area contributed by atoms with Crippen molar-refractivity contribution in [1.82, 2.24) is 29.3 Å². The van der Waals surface area contributed by atoms with Gasteiger partial charge in [-0.15, -0.1) is 0 Å². The van der Waals surface area contributed by atoms with Gasteiger partial charge in [-0.1, -0.05) is 12.8 Å². The molecule has 35 heavy (non-hydrogen) atoms. The van der Waals surface area contributed by atoms with E-state index in [4.69, 9.17) is 4.98 Å². The molecule has 0 amide bonds. The van der Waals surface area contributed by atoms with E-state index in [1.54, 1.807) is 4.90 Å². The van der Waals surface area contributed by atoms with Crippen LogP contribution in [0.1, 0.15) is 43.6 Å². The third kappa shape index (κ3) is 5.10. The van der Waals surface area contributed by atoms with Gasteiger partial charge in [0.2, 0.25) is 5.95 Å². The summed E-state index contributed by atoms with van der Waals surface area (Å²) < 4.78 is 14.8. The van der Waals surface area contributed by atoms with Crippen molar-refractivity contribution >= 4 is 28.5 Å². The van der Waals surface area contributed by atoms with Gasteiger partial charge in [0, 0.05) is 50.3 Å². The molecule has 3 aromatic heterocycles. The first kappa shape index (κ1) is 23.9. The van der Waals surface area contributed by atoms with Crippen LogP contribution in [0.25, 0.3) is 11.0 Å². The number of halogens is 1. The SMILES string of the molecule is CN(C)C(O)c1cc2cnc(Nc3ccc(N4CCN(CCF)CC4)cn3)nc2n1C1CCCC1. The maximum absolute atomic E-state index is 12.6. The lowest BCUT2D eigenvalue weighted by Crippen LogP contribution is -2.47. The van der Waals surface area contributed by atoms with Gasteiger partial charge in [0.25, 0.3) is 0 Å². The average Bonchev–Trinajstić information content (AvgIpc) is 3.52. The van der Waals surface area contributed by atoms with E-state index in [9.17, 15) is 9.50 Å². The van der Waals surface area contributed by atoms with Crippen LogP contribution in [-0.2, 0) is 0 Å². The highest BCUT2D eigenvalue weighted by atomic mass is 19.1. The van der Waals surface area contributed by atoms with E-state index in [0.29, 0.717) is 24.4 Å². The molecular formula is C25H35FN8O. The van der Waals surface area contributed by atoms with Crippen molar-refractivity contribution in [2.75, 3.05) is 63.7 Å². The minimum atomic E-state index is -0.700. The second kappa shape index (κ2) is 10.4. The number of aliphatic hydroxyl groups excluding tert-OH is 1. The minimum absolute atomic E-state index is 0.293. The zero-order valence-electron chi connectivity index (χ0n) is 20.6. The molecule has 188 valence electrons. The molecule has 2 fully saturated rings. The second-order valence-electron chi connectivity index (χ2n) is 9.73. The first-order chi connectivity index (χ1) is 17.0. The molecule has 2 N–H and O–H groups in total. The number of hydrogen-bond acceptors (Lipinski definition) is 8. The summed E-state index contributed by atoms with van der Waals surface area (Å²) in [6.07, 6.45) is 7.54. The van der Waals surface area contributed by atoms with Crippen molar-refractivity contribution in [2.24, 2.45) is 0 Å². The number of fused-ring (bicyclic) bond motifs is 1. The molecule has 0 radical (unpaired) electrons. The monoisotopic (exact) mass is 482 g/mol. The lowest BCUT2D eigenvalue weighted by molar-refractivity contribution is 0.0319. The fraction of sp³-hybridized carbons (Fsp3) is 0.560. The Labute approximate surface area is 205 Å². The van der Waals surface area contributed by atoms with Crippen LogP contribution in [0.5, 0.6) is 0 Å². The Hall–Kier alpha value is -2.82. The van der Waals surface area contributed by atoms with Crippen LogP contribution < -0.4 is 10.2 Å². The van der Waals surface area contributed by atoms with Gasteiger partial charge in [0.15, 0.2) is 0 Å². The summed E-state index contributed by atoms with van der Waals surface area (Å²) in [5.74, 6) is 1.16. The van der Waals surface area contributed by atoms with Crippen LogP contribution in [-0.4, -0.2) is 87.9 Å². The Morgan fingerprint density at radius 1 is 1.11 bits per heavy atom. The Morgan fingerprint density at radius 3 is 2.54 bits per heavy atom. The molecule has 4 heterocycles. The van der Waals surface area contributed by atoms with E-state index in [1.807, 2.05) is 44.7 Å². The number of aromatic nitrogens is 4. The van der Waals surface area contributed by atoms with Crippen LogP contribution in [0.3, 0.4) is 0 Å². The lowest BCUT2D eigenvalue weighted by atomic mass is 10.2. The number of nitrogens with zero attached hydrogens (tertiary/aromatic N) is 7. The Bertz CT molecular complexity index is 1120. The number of anilines is 3. The van der Waals surface area contributed by atoms with Gasteiger partial charge in [-0.05, 0) is 45.1 Å². The molecule has 1 aliphatic heterocycles. The third-order valence-electron chi connectivity index (χ3n) is 7.18. The zero-order valence-corrected chi connectivity index (χ0v) is 20.6. The Morgan fingerprint density at radius 2 is 1.89 bits per heavy atom. The standard InChI is InChI=1S/C25H35FN8O/c1-31(2)24(35)21-15-18-16-28-25(30-23(18)34(21)19-5-3-4-6-19)29-22-8-7-20(17-27-22)33-13-11-32(10-9-26)12-14-33/h7-8,15-17,19,24,35H,3-6,9-14H2,1-2H3,(H,27,28,29,30). The number of nitrogens with one attached hydrogen (secondary N) is 1. The topological polar surface area (TPSA) is 85.6 Å². The fourth-order valence-corrected chi connectivity index (χ4v) is 5.21. The van der Waals surface area contributed by atoms with E-state index in [1.165, 1.54) is 12.8 Å². The molecule has 3 aromatic rings. The Kier molecular flexibility index (Phi) is 7.12. The summed E-state index contributed by atoms with van der Waals surface area (Å²) in [4.78, 5) is 20.2. The van der Waals surface area contributed by atoms with Crippen LogP contribution in [0, 0.1) is 0 Å². The average molecular weight is 483 g/mol. The van der Waals surface area contributed by atoms with Gasteiger partial charge in [0.1, 0.15) is 24.4 Å². The summed E-state index contributed by atoms with van der Waals surface area (Å²) in [5, 5.41) is 15.0. The predicted molar refractivity (Wildman–Crippen MR) is 136 cm³/mol. The fourth-order valence-electron chi connectivity index (χ4n) is 5.21. The normalized spacial score (nSPS) is 18.6. The van der Waals surface area contributed by atoms with Crippen molar-refractivity contribution in [3.8, 4) is 0 Å². The maximum Gasteiger partial charge on any atom is 0.230 e.